The molecule has 0 aromatic rings. The Balaban J connectivity index is 1.88. The van der Waals surface area contributed by atoms with E-state index in [9.17, 15) is 0 Å². The molecule has 0 N–H and O–H groups in total. The van der Waals surface area contributed by atoms with Crippen molar-refractivity contribution < 1.29 is 0 Å². The molecule has 52 valence electrons. The van der Waals surface area contributed by atoms with E-state index in [-0.39, 0.29) is 0 Å². The Morgan fingerprint density at radius 2 is 2.11 bits per heavy atom. The van der Waals surface area contributed by atoms with Crippen molar-refractivity contribution in [3.8, 4) is 0 Å². The molecule has 2 heteroatoms. The van der Waals surface area contributed by atoms with E-state index in [4.69, 9.17) is 0 Å². The standard InChI is InChI=1S/C7H14N2/c1-3-9-5-6-7(9)4-8(6)2/h6-7H,3-5H2,1-2H3/t6?,7-/m1/s1. The summed E-state index contributed by atoms with van der Waals surface area (Å²) < 4.78 is 0. The van der Waals surface area contributed by atoms with E-state index in [1.807, 2.05) is 0 Å². The summed E-state index contributed by atoms with van der Waals surface area (Å²) in [5.41, 5.74) is 0. The van der Waals surface area contributed by atoms with Crippen LogP contribution in [0, 0.1) is 0 Å². The molecular weight excluding hydrogens is 112 g/mol. The average Bonchev–Trinajstić information content (AvgIpc) is 1.83. The third-order valence-corrected chi connectivity index (χ3v) is 2.78. The molecule has 2 aliphatic heterocycles. The number of nitrogens with zero attached hydrogens (tertiary/aromatic N) is 2. The van der Waals surface area contributed by atoms with Crippen molar-refractivity contribution >= 4 is 0 Å². The maximum absolute atomic E-state index is 2.55. The molecular formula is C7H14N2. The number of hydrogen-bond donors (Lipinski definition) is 0. The van der Waals surface area contributed by atoms with E-state index in [0.29, 0.717) is 0 Å². The zero-order valence-electron chi connectivity index (χ0n) is 6.17. The molecule has 2 heterocycles. The Morgan fingerprint density at radius 1 is 1.33 bits per heavy atom. The van der Waals surface area contributed by atoms with Gasteiger partial charge in [-0.2, -0.15) is 0 Å². The zero-order chi connectivity index (χ0) is 6.43. The average molecular weight is 126 g/mol. The van der Waals surface area contributed by atoms with Gasteiger partial charge in [-0.05, 0) is 13.6 Å². The second-order valence-electron chi connectivity index (χ2n) is 3.16. The van der Waals surface area contributed by atoms with Gasteiger partial charge in [0.1, 0.15) is 0 Å². The van der Waals surface area contributed by atoms with Crippen LogP contribution in [0.5, 0.6) is 0 Å². The fourth-order valence-electron chi connectivity index (χ4n) is 1.93. The summed E-state index contributed by atoms with van der Waals surface area (Å²) in [7, 11) is 2.22. The highest BCUT2D eigenvalue weighted by molar-refractivity contribution is 5.06. The highest BCUT2D eigenvalue weighted by atomic mass is 15.4. The molecule has 0 aliphatic carbocycles. The van der Waals surface area contributed by atoms with E-state index in [2.05, 4.69) is 23.8 Å². The minimum Gasteiger partial charge on any atom is -0.299 e. The van der Waals surface area contributed by atoms with Crippen molar-refractivity contribution in [2.75, 3.05) is 26.7 Å². The van der Waals surface area contributed by atoms with Gasteiger partial charge in [-0.15, -0.1) is 0 Å². The maximum Gasteiger partial charge on any atom is 0.0391 e. The molecule has 0 aromatic heterocycles. The SMILES string of the molecule is CCN1CC2[C@H]1CN2C. The van der Waals surface area contributed by atoms with Crippen LogP contribution in [0.25, 0.3) is 0 Å². The molecule has 0 amide bonds. The zero-order valence-corrected chi connectivity index (χ0v) is 6.17. The van der Waals surface area contributed by atoms with E-state index < -0.39 is 0 Å². The lowest BCUT2D eigenvalue weighted by Gasteiger charge is -2.61. The van der Waals surface area contributed by atoms with Gasteiger partial charge in [0.15, 0.2) is 0 Å². The highest BCUT2D eigenvalue weighted by Gasteiger charge is 2.48. The number of piperazine rings is 1. The van der Waals surface area contributed by atoms with Crippen LogP contribution in [-0.4, -0.2) is 48.6 Å². The Hall–Kier alpha value is -0.0800. The van der Waals surface area contributed by atoms with Gasteiger partial charge in [0.25, 0.3) is 0 Å². The summed E-state index contributed by atoms with van der Waals surface area (Å²) >= 11 is 0. The normalized spacial score (nSPS) is 43.3. The van der Waals surface area contributed by atoms with Crippen LogP contribution in [0.2, 0.25) is 0 Å². The largest absolute Gasteiger partial charge is 0.299 e. The van der Waals surface area contributed by atoms with Crippen LogP contribution < -0.4 is 0 Å². The summed E-state index contributed by atoms with van der Waals surface area (Å²) in [6, 6.07) is 1.85. The molecule has 0 aromatic carbocycles. The Bertz CT molecular complexity index is 120. The molecule has 1 unspecified atom stereocenters. The lowest BCUT2D eigenvalue weighted by Crippen LogP contribution is -2.77. The summed E-state index contributed by atoms with van der Waals surface area (Å²) in [6.45, 7) is 6.11. The van der Waals surface area contributed by atoms with Gasteiger partial charge in [-0.3, -0.25) is 9.80 Å². The molecule has 2 atom stereocenters. The first-order chi connectivity index (χ1) is 4.33. The van der Waals surface area contributed by atoms with Crippen molar-refractivity contribution in [3.05, 3.63) is 0 Å². The third kappa shape index (κ3) is 0.578. The van der Waals surface area contributed by atoms with Crippen LogP contribution in [0.4, 0.5) is 0 Å². The number of likely N-dealkylation sites (N-methyl/N-ethyl adjacent to an activating group) is 2. The molecule has 0 radical (unpaired) electrons. The smallest absolute Gasteiger partial charge is 0.0391 e. The summed E-state index contributed by atoms with van der Waals surface area (Å²) in [6.07, 6.45) is 0. The lowest BCUT2D eigenvalue weighted by atomic mass is 9.86. The highest BCUT2D eigenvalue weighted by Crippen LogP contribution is 2.30. The van der Waals surface area contributed by atoms with Crippen molar-refractivity contribution in [1.29, 1.82) is 0 Å². The van der Waals surface area contributed by atoms with Crippen molar-refractivity contribution in [3.63, 3.8) is 0 Å². The van der Waals surface area contributed by atoms with E-state index in [1.54, 1.807) is 0 Å². The fraction of sp³-hybridized carbons (Fsp3) is 1.00. The van der Waals surface area contributed by atoms with Gasteiger partial charge in [-0.25, -0.2) is 0 Å². The molecule has 2 nitrogen and oxygen atoms in total. The summed E-state index contributed by atoms with van der Waals surface area (Å²) in [5, 5.41) is 0. The second kappa shape index (κ2) is 1.70. The molecule has 2 rings (SSSR count). The van der Waals surface area contributed by atoms with E-state index in [0.717, 1.165) is 12.1 Å². The minimum absolute atomic E-state index is 0.921. The lowest BCUT2D eigenvalue weighted by molar-refractivity contribution is -0.108. The maximum atomic E-state index is 2.55. The quantitative estimate of drug-likeness (QED) is 0.488. The van der Waals surface area contributed by atoms with Gasteiger partial charge in [0, 0.05) is 25.2 Å². The predicted molar refractivity (Wildman–Crippen MR) is 37.5 cm³/mol. The minimum atomic E-state index is 0.921. The Labute approximate surface area is 56.4 Å². The van der Waals surface area contributed by atoms with Gasteiger partial charge < -0.3 is 0 Å². The summed E-state index contributed by atoms with van der Waals surface area (Å²) in [4.78, 5) is 4.99. The second-order valence-corrected chi connectivity index (χ2v) is 3.16. The monoisotopic (exact) mass is 126 g/mol. The molecule has 2 fully saturated rings. The van der Waals surface area contributed by atoms with Crippen LogP contribution in [0.1, 0.15) is 6.92 Å². The van der Waals surface area contributed by atoms with Crippen LogP contribution in [0.15, 0.2) is 0 Å². The van der Waals surface area contributed by atoms with Crippen molar-refractivity contribution in [2.45, 2.75) is 19.0 Å². The number of likely N-dealkylation sites (tertiary alicyclic amines) is 2. The van der Waals surface area contributed by atoms with Gasteiger partial charge >= 0.3 is 0 Å². The van der Waals surface area contributed by atoms with Crippen LogP contribution >= 0.6 is 0 Å². The van der Waals surface area contributed by atoms with Gasteiger partial charge in [0.2, 0.25) is 0 Å². The van der Waals surface area contributed by atoms with Crippen LogP contribution in [0.3, 0.4) is 0 Å². The predicted octanol–water partition coefficient (Wildman–Crippen LogP) is 0.00450. The molecule has 0 bridgehead atoms. The van der Waals surface area contributed by atoms with Gasteiger partial charge in [0.05, 0.1) is 0 Å². The first-order valence-electron chi connectivity index (χ1n) is 3.77. The first kappa shape index (κ1) is 5.69. The van der Waals surface area contributed by atoms with E-state index in [1.165, 1.54) is 19.6 Å². The van der Waals surface area contributed by atoms with Crippen molar-refractivity contribution in [1.82, 2.24) is 9.80 Å². The van der Waals surface area contributed by atoms with Crippen LogP contribution in [-0.2, 0) is 0 Å². The molecule has 2 aliphatic rings. The molecule has 9 heavy (non-hydrogen) atoms. The molecule has 0 saturated carbocycles. The fourth-order valence-corrected chi connectivity index (χ4v) is 1.93. The number of rotatable bonds is 1. The number of hydrogen-bond acceptors (Lipinski definition) is 2. The van der Waals surface area contributed by atoms with Crippen molar-refractivity contribution in [2.24, 2.45) is 0 Å². The molecule has 0 spiro atoms. The van der Waals surface area contributed by atoms with Gasteiger partial charge in [-0.1, -0.05) is 6.92 Å². The summed E-state index contributed by atoms with van der Waals surface area (Å²) in [5.74, 6) is 0. The third-order valence-electron chi connectivity index (χ3n) is 2.78. The van der Waals surface area contributed by atoms with E-state index >= 15 is 0 Å². The topological polar surface area (TPSA) is 6.48 Å². The Kier molecular flexibility index (Phi) is 1.08. The first-order valence-corrected chi connectivity index (χ1v) is 3.77. The Morgan fingerprint density at radius 3 is 2.44 bits per heavy atom. The molecule has 2 saturated heterocycles. The number of fused-ring (bicyclic) bond motifs is 1.